The molecular formula is C18H25N3OS. The number of nitrogens with zero attached hydrogens (tertiary/aromatic N) is 3. The van der Waals surface area contributed by atoms with E-state index < -0.39 is 0 Å². The van der Waals surface area contributed by atoms with Crippen LogP contribution in [0, 0.1) is 13.8 Å². The summed E-state index contributed by atoms with van der Waals surface area (Å²) >= 11 is 1.25. The molecule has 4 nitrogen and oxygen atoms in total. The van der Waals surface area contributed by atoms with E-state index in [4.69, 9.17) is 4.74 Å². The van der Waals surface area contributed by atoms with E-state index in [1.807, 2.05) is 0 Å². The largest absolute Gasteiger partial charge is 0.470 e. The number of hydrogen-bond donors (Lipinski definition) is 0. The fourth-order valence-electron chi connectivity index (χ4n) is 3.25. The van der Waals surface area contributed by atoms with Gasteiger partial charge in [0.2, 0.25) is 5.82 Å². The summed E-state index contributed by atoms with van der Waals surface area (Å²) in [6.45, 7) is 8.09. The third-order valence-corrected chi connectivity index (χ3v) is 5.18. The standard InChI is InChI=1S/C18H25N3OS/c1-4-16-7-5-6-10-21(16)17-18(20-23-19-17)22-12-15-11-13(2)8-9-14(15)3/h8-9,11,16H,4-7,10,12H2,1-3H3. The van der Waals surface area contributed by atoms with Crippen LogP contribution in [0.2, 0.25) is 0 Å². The normalized spacial score (nSPS) is 18.2. The number of hydrogen-bond acceptors (Lipinski definition) is 5. The van der Waals surface area contributed by atoms with Gasteiger partial charge in [-0.05, 0) is 50.7 Å². The van der Waals surface area contributed by atoms with Crippen LogP contribution >= 0.6 is 11.7 Å². The number of piperidine rings is 1. The van der Waals surface area contributed by atoms with Gasteiger partial charge in [-0.2, -0.15) is 4.37 Å². The topological polar surface area (TPSA) is 38.2 Å². The maximum atomic E-state index is 6.04. The molecule has 0 bridgehead atoms. The third kappa shape index (κ3) is 3.66. The molecule has 1 unspecified atom stereocenters. The maximum Gasteiger partial charge on any atom is 0.271 e. The fraction of sp³-hybridized carbons (Fsp3) is 0.556. The predicted molar refractivity (Wildman–Crippen MR) is 95.4 cm³/mol. The van der Waals surface area contributed by atoms with E-state index in [-0.39, 0.29) is 0 Å². The van der Waals surface area contributed by atoms with Crippen LogP contribution in [-0.4, -0.2) is 21.3 Å². The van der Waals surface area contributed by atoms with Crippen LogP contribution in [0.3, 0.4) is 0 Å². The molecule has 0 saturated carbocycles. The second-order valence-electron chi connectivity index (χ2n) is 6.36. The van der Waals surface area contributed by atoms with Gasteiger partial charge >= 0.3 is 0 Å². The van der Waals surface area contributed by atoms with Crippen molar-refractivity contribution in [1.29, 1.82) is 0 Å². The second kappa shape index (κ2) is 7.30. The number of ether oxygens (including phenoxy) is 1. The molecule has 5 heteroatoms. The van der Waals surface area contributed by atoms with Crippen LogP contribution < -0.4 is 9.64 Å². The van der Waals surface area contributed by atoms with Gasteiger partial charge in [-0.3, -0.25) is 0 Å². The maximum absolute atomic E-state index is 6.04. The third-order valence-electron chi connectivity index (χ3n) is 4.68. The van der Waals surface area contributed by atoms with Crippen molar-refractivity contribution < 1.29 is 4.74 Å². The van der Waals surface area contributed by atoms with Crippen LogP contribution in [-0.2, 0) is 6.61 Å². The molecule has 1 fully saturated rings. The van der Waals surface area contributed by atoms with Gasteiger partial charge in [-0.1, -0.05) is 30.7 Å². The number of aromatic nitrogens is 2. The van der Waals surface area contributed by atoms with Crippen molar-refractivity contribution >= 4 is 17.5 Å². The quantitative estimate of drug-likeness (QED) is 0.808. The molecule has 0 amide bonds. The lowest BCUT2D eigenvalue weighted by Crippen LogP contribution is -2.39. The van der Waals surface area contributed by atoms with Gasteiger partial charge in [0.15, 0.2) is 0 Å². The lowest BCUT2D eigenvalue weighted by molar-refractivity contribution is 0.294. The van der Waals surface area contributed by atoms with E-state index in [9.17, 15) is 0 Å². The second-order valence-corrected chi connectivity index (χ2v) is 6.89. The molecule has 0 N–H and O–H groups in total. The van der Waals surface area contributed by atoms with Crippen LogP contribution in [0.1, 0.15) is 49.3 Å². The molecule has 1 aliphatic rings. The molecule has 0 spiro atoms. The Labute approximate surface area is 142 Å². The molecule has 1 aromatic heterocycles. The smallest absolute Gasteiger partial charge is 0.271 e. The zero-order chi connectivity index (χ0) is 16.2. The van der Waals surface area contributed by atoms with Gasteiger partial charge in [0.1, 0.15) is 6.61 Å². The summed E-state index contributed by atoms with van der Waals surface area (Å²) in [4.78, 5) is 2.39. The van der Waals surface area contributed by atoms with Gasteiger partial charge in [0, 0.05) is 12.6 Å². The Morgan fingerprint density at radius 3 is 2.96 bits per heavy atom. The highest BCUT2D eigenvalue weighted by Gasteiger charge is 2.26. The summed E-state index contributed by atoms with van der Waals surface area (Å²) in [6, 6.07) is 7.03. The average Bonchev–Trinajstić information content (AvgIpc) is 3.04. The van der Waals surface area contributed by atoms with Crippen LogP contribution in [0.15, 0.2) is 18.2 Å². The van der Waals surface area contributed by atoms with Crippen LogP contribution in [0.5, 0.6) is 5.88 Å². The van der Waals surface area contributed by atoms with E-state index in [1.165, 1.54) is 47.7 Å². The van der Waals surface area contributed by atoms with Gasteiger partial charge in [-0.15, -0.1) is 4.37 Å². The van der Waals surface area contributed by atoms with Crippen molar-refractivity contribution in [1.82, 2.24) is 8.75 Å². The van der Waals surface area contributed by atoms with Crippen LogP contribution in [0.4, 0.5) is 5.82 Å². The SMILES string of the molecule is CCC1CCCCN1c1nsnc1OCc1cc(C)ccc1C. The Morgan fingerprint density at radius 1 is 1.26 bits per heavy atom. The molecule has 124 valence electrons. The summed E-state index contributed by atoms with van der Waals surface area (Å²) in [5.41, 5.74) is 3.73. The summed E-state index contributed by atoms with van der Waals surface area (Å²) in [6.07, 6.45) is 4.92. The molecule has 1 aliphatic heterocycles. The lowest BCUT2D eigenvalue weighted by atomic mass is 10.0. The summed E-state index contributed by atoms with van der Waals surface area (Å²) < 4.78 is 15.0. The first-order valence-electron chi connectivity index (χ1n) is 8.47. The van der Waals surface area contributed by atoms with Gasteiger partial charge in [0.25, 0.3) is 5.88 Å². The number of benzene rings is 1. The summed E-state index contributed by atoms with van der Waals surface area (Å²) in [7, 11) is 0. The van der Waals surface area contributed by atoms with E-state index in [1.54, 1.807) is 0 Å². The Morgan fingerprint density at radius 2 is 2.13 bits per heavy atom. The first-order chi connectivity index (χ1) is 11.2. The van der Waals surface area contributed by atoms with Gasteiger partial charge in [-0.25, -0.2) is 0 Å². The van der Waals surface area contributed by atoms with Crippen molar-refractivity contribution in [2.75, 3.05) is 11.4 Å². The molecule has 1 atom stereocenters. The molecule has 1 aromatic carbocycles. The number of rotatable bonds is 5. The van der Waals surface area contributed by atoms with Crippen molar-refractivity contribution in [2.45, 2.75) is 59.1 Å². The fourth-order valence-corrected chi connectivity index (χ4v) is 3.76. The Bertz CT molecular complexity index is 655. The van der Waals surface area contributed by atoms with Crippen molar-refractivity contribution in [3.05, 3.63) is 34.9 Å². The molecule has 1 saturated heterocycles. The lowest BCUT2D eigenvalue weighted by Gasteiger charge is -2.35. The molecule has 3 rings (SSSR count). The van der Waals surface area contributed by atoms with Gasteiger partial charge in [0.05, 0.1) is 11.7 Å². The molecule has 2 heterocycles. The highest BCUT2D eigenvalue weighted by molar-refractivity contribution is 6.99. The first kappa shape index (κ1) is 16.2. The van der Waals surface area contributed by atoms with Gasteiger partial charge < -0.3 is 9.64 Å². The molecule has 0 radical (unpaired) electrons. The zero-order valence-corrected chi connectivity index (χ0v) is 15.0. The Balaban J connectivity index is 1.74. The minimum absolute atomic E-state index is 0.552. The average molecular weight is 331 g/mol. The van der Waals surface area contributed by atoms with Crippen molar-refractivity contribution in [3.8, 4) is 5.88 Å². The first-order valence-corrected chi connectivity index (χ1v) is 9.20. The minimum atomic E-state index is 0.552. The zero-order valence-electron chi connectivity index (χ0n) is 14.2. The summed E-state index contributed by atoms with van der Waals surface area (Å²) in [5, 5.41) is 0. The van der Waals surface area contributed by atoms with Crippen molar-refractivity contribution in [3.63, 3.8) is 0 Å². The highest BCUT2D eigenvalue weighted by Crippen LogP contribution is 2.32. The Kier molecular flexibility index (Phi) is 5.16. The van der Waals surface area contributed by atoms with E-state index >= 15 is 0 Å². The van der Waals surface area contributed by atoms with E-state index in [2.05, 4.69) is 52.6 Å². The predicted octanol–water partition coefficient (Wildman–Crippen LogP) is 4.50. The molecule has 2 aromatic rings. The number of anilines is 1. The highest BCUT2D eigenvalue weighted by atomic mass is 32.1. The molecule has 23 heavy (non-hydrogen) atoms. The monoisotopic (exact) mass is 331 g/mol. The molecular weight excluding hydrogens is 306 g/mol. The van der Waals surface area contributed by atoms with E-state index in [0.29, 0.717) is 18.5 Å². The van der Waals surface area contributed by atoms with E-state index in [0.717, 1.165) is 18.8 Å². The minimum Gasteiger partial charge on any atom is -0.470 e. The Hall–Kier alpha value is -1.62. The van der Waals surface area contributed by atoms with Crippen LogP contribution in [0.25, 0.3) is 0 Å². The van der Waals surface area contributed by atoms with Crippen molar-refractivity contribution in [2.24, 2.45) is 0 Å². The molecule has 0 aliphatic carbocycles. The summed E-state index contributed by atoms with van der Waals surface area (Å²) in [5.74, 6) is 1.63. The number of aryl methyl sites for hydroxylation is 2.